The molecule has 0 unspecified atom stereocenters. The van der Waals surface area contributed by atoms with Crippen molar-refractivity contribution in [3.63, 3.8) is 0 Å². The summed E-state index contributed by atoms with van der Waals surface area (Å²) < 4.78 is 12.2. The first-order valence-electron chi connectivity index (χ1n) is 9.26. The van der Waals surface area contributed by atoms with Crippen molar-refractivity contribution in [2.75, 3.05) is 7.11 Å². The number of aliphatic hydroxyl groups is 1. The van der Waals surface area contributed by atoms with Crippen molar-refractivity contribution in [3.05, 3.63) is 51.3 Å². The summed E-state index contributed by atoms with van der Waals surface area (Å²) in [5.41, 5.74) is 0.275. The van der Waals surface area contributed by atoms with Crippen molar-refractivity contribution in [2.24, 2.45) is 0 Å². The van der Waals surface area contributed by atoms with E-state index < -0.39 is 11.6 Å². The van der Waals surface area contributed by atoms with E-state index in [9.17, 15) is 19.8 Å². The molecule has 2 N–H and O–H groups in total. The maximum atomic E-state index is 13.2. The van der Waals surface area contributed by atoms with Crippen LogP contribution in [-0.4, -0.2) is 32.8 Å². The molecule has 0 saturated heterocycles. The smallest absolute Gasteiger partial charge is 0.343 e. The normalized spacial score (nSPS) is 19.5. The van der Waals surface area contributed by atoms with Crippen LogP contribution in [0.5, 0.6) is 11.5 Å². The van der Waals surface area contributed by atoms with Gasteiger partial charge in [0.15, 0.2) is 11.4 Å². The number of hydrogen-bond donors (Lipinski definition) is 2. The number of aromatic hydroxyl groups is 1. The summed E-state index contributed by atoms with van der Waals surface area (Å²) >= 11 is 0. The lowest BCUT2D eigenvalue weighted by Gasteiger charge is -2.33. The Balaban J connectivity index is 1.89. The van der Waals surface area contributed by atoms with Gasteiger partial charge in [-0.3, -0.25) is 9.36 Å². The number of aromatic nitrogens is 2. The minimum atomic E-state index is -1.97. The Hall–Kier alpha value is -3.39. The third kappa shape index (κ3) is 2.14. The van der Waals surface area contributed by atoms with E-state index >= 15 is 0 Å². The number of rotatable bonds is 2. The van der Waals surface area contributed by atoms with Gasteiger partial charge in [-0.2, -0.15) is 0 Å². The standard InChI is InChI=1S/C21H18N2O6/c1-3-21(27)15-12(9-29-20(21)26)19(25)23-8-10-7-11-13(5-4-6-14(11)24)22-16(10)17(23)18(15)28-2/h4-7,24,27H,3,8-9H2,1-2H3/t21-/m0/s1. The van der Waals surface area contributed by atoms with Crippen molar-refractivity contribution in [3.8, 4) is 22.9 Å². The molecule has 1 atom stereocenters. The highest BCUT2D eigenvalue weighted by molar-refractivity contribution is 5.91. The molecule has 3 aromatic rings. The molecule has 5 rings (SSSR count). The van der Waals surface area contributed by atoms with Gasteiger partial charge >= 0.3 is 5.97 Å². The van der Waals surface area contributed by atoms with Gasteiger partial charge in [0.2, 0.25) is 0 Å². The number of esters is 1. The number of cyclic esters (lactones) is 1. The molecule has 2 aromatic heterocycles. The molecular formula is C21H18N2O6. The molecule has 0 radical (unpaired) electrons. The van der Waals surface area contributed by atoms with Crippen molar-refractivity contribution < 1.29 is 24.5 Å². The van der Waals surface area contributed by atoms with Crippen molar-refractivity contribution in [2.45, 2.75) is 32.1 Å². The topological polar surface area (TPSA) is 111 Å². The lowest BCUT2D eigenvalue weighted by molar-refractivity contribution is -0.172. The van der Waals surface area contributed by atoms with Gasteiger partial charge < -0.3 is 19.7 Å². The number of hydrogen-bond acceptors (Lipinski definition) is 7. The summed E-state index contributed by atoms with van der Waals surface area (Å²) in [6.45, 7) is 1.66. The number of carbonyl (C=O) groups is 1. The first-order chi connectivity index (χ1) is 13.9. The van der Waals surface area contributed by atoms with Gasteiger partial charge in [0.25, 0.3) is 5.56 Å². The summed E-state index contributed by atoms with van der Waals surface area (Å²) in [7, 11) is 1.43. The average molecular weight is 394 g/mol. The largest absolute Gasteiger partial charge is 0.507 e. The van der Waals surface area contributed by atoms with Gasteiger partial charge in [0, 0.05) is 10.9 Å². The van der Waals surface area contributed by atoms with E-state index in [2.05, 4.69) is 4.98 Å². The van der Waals surface area contributed by atoms with Crippen LogP contribution in [0.2, 0.25) is 0 Å². The van der Waals surface area contributed by atoms with Crippen LogP contribution in [0.25, 0.3) is 22.3 Å². The Morgan fingerprint density at radius 1 is 1.34 bits per heavy atom. The second kappa shape index (κ2) is 5.81. The molecule has 0 bridgehead atoms. The Labute approximate surface area is 165 Å². The van der Waals surface area contributed by atoms with Gasteiger partial charge in [-0.25, -0.2) is 9.78 Å². The first kappa shape index (κ1) is 17.7. The number of carbonyl (C=O) groups excluding carboxylic acids is 1. The fourth-order valence-corrected chi connectivity index (χ4v) is 4.30. The predicted octanol–water partition coefficient (Wildman–Crippen LogP) is 1.79. The molecular weight excluding hydrogens is 376 g/mol. The summed E-state index contributed by atoms with van der Waals surface area (Å²) in [6, 6.07) is 6.83. The van der Waals surface area contributed by atoms with E-state index in [0.717, 1.165) is 5.56 Å². The molecule has 4 heterocycles. The third-order valence-corrected chi connectivity index (χ3v) is 5.80. The van der Waals surface area contributed by atoms with Gasteiger partial charge in [-0.15, -0.1) is 0 Å². The average Bonchev–Trinajstić information content (AvgIpc) is 3.09. The van der Waals surface area contributed by atoms with E-state index in [1.807, 2.05) is 0 Å². The second-order valence-electron chi connectivity index (χ2n) is 7.26. The van der Waals surface area contributed by atoms with Crippen molar-refractivity contribution >= 4 is 16.9 Å². The van der Waals surface area contributed by atoms with Gasteiger partial charge in [-0.05, 0) is 24.6 Å². The summed E-state index contributed by atoms with van der Waals surface area (Å²) in [5, 5.41) is 21.8. The molecule has 0 fully saturated rings. The Morgan fingerprint density at radius 2 is 2.14 bits per heavy atom. The van der Waals surface area contributed by atoms with Crippen LogP contribution in [0.3, 0.4) is 0 Å². The number of nitrogens with zero attached hydrogens (tertiary/aromatic N) is 2. The van der Waals surface area contributed by atoms with E-state index in [0.29, 0.717) is 22.3 Å². The van der Waals surface area contributed by atoms with E-state index in [1.165, 1.54) is 11.7 Å². The number of methoxy groups -OCH3 is 1. The van der Waals surface area contributed by atoms with Gasteiger partial charge in [0.1, 0.15) is 18.1 Å². The summed E-state index contributed by atoms with van der Waals surface area (Å²) in [6.07, 6.45) is 0.0317. The molecule has 0 aliphatic carbocycles. The Kier molecular flexibility index (Phi) is 3.54. The lowest BCUT2D eigenvalue weighted by atomic mass is 9.85. The number of ether oxygens (including phenoxy) is 2. The molecule has 8 nitrogen and oxygen atoms in total. The molecule has 1 aromatic carbocycles. The van der Waals surface area contributed by atoms with E-state index in [-0.39, 0.29) is 47.8 Å². The fraction of sp³-hybridized carbons (Fsp3) is 0.286. The SMILES string of the molecule is CC[C@@]1(O)C(=O)OCc2c1c(OC)c1n(c2=O)Cc2cc3c(O)cccc3nc2-1. The number of phenolic OH excluding ortho intramolecular Hbond substituents is 1. The predicted molar refractivity (Wildman–Crippen MR) is 103 cm³/mol. The molecule has 0 spiro atoms. The first-order valence-corrected chi connectivity index (χ1v) is 9.26. The monoisotopic (exact) mass is 394 g/mol. The second-order valence-corrected chi connectivity index (χ2v) is 7.26. The zero-order valence-electron chi connectivity index (χ0n) is 15.9. The van der Waals surface area contributed by atoms with Crippen LogP contribution in [0.4, 0.5) is 0 Å². The third-order valence-electron chi connectivity index (χ3n) is 5.80. The lowest BCUT2D eigenvalue weighted by Crippen LogP contribution is -2.44. The van der Waals surface area contributed by atoms with Crippen LogP contribution in [0.15, 0.2) is 29.1 Å². The number of fused-ring (bicyclic) bond motifs is 5. The summed E-state index contributed by atoms with van der Waals surface area (Å²) in [4.78, 5) is 30.3. The van der Waals surface area contributed by atoms with Crippen LogP contribution >= 0.6 is 0 Å². The van der Waals surface area contributed by atoms with E-state index in [4.69, 9.17) is 9.47 Å². The molecule has 2 aliphatic rings. The Morgan fingerprint density at radius 3 is 2.86 bits per heavy atom. The van der Waals surface area contributed by atoms with Crippen molar-refractivity contribution in [1.29, 1.82) is 0 Å². The van der Waals surface area contributed by atoms with E-state index in [1.54, 1.807) is 31.2 Å². The van der Waals surface area contributed by atoms with Crippen LogP contribution < -0.4 is 10.3 Å². The van der Waals surface area contributed by atoms with Crippen molar-refractivity contribution in [1.82, 2.24) is 9.55 Å². The quantitative estimate of drug-likeness (QED) is 0.499. The molecule has 8 heteroatoms. The zero-order valence-corrected chi connectivity index (χ0v) is 15.9. The summed E-state index contributed by atoms with van der Waals surface area (Å²) in [5.74, 6) is -0.456. The Bertz CT molecular complexity index is 1280. The fourth-order valence-electron chi connectivity index (χ4n) is 4.30. The van der Waals surface area contributed by atoms with Crippen LogP contribution in [0.1, 0.15) is 30.0 Å². The minimum absolute atomic E-state index is 0.0317. The number of benzene rings is 1. The zero-order chi connectivity index (χ0) is 20.5. The molecule has 148 valence electrons. The number of phenols is 1. The number of pyridine rings is 2. The van der Waals surface area contributed by atoms with Gasteiger partial charge in [-0.1, -0.05) is 13.0 Å². The molecule has 0 amide bonds. The minimum Gasteiger partial charge on any atom is -0.507 e. The molecule has 29 heavy (non-hydrogen) atoms. The maximum absolute atomic E-state index is 13.2. The van der Waals surface area contributed by atoms with Crippen LogP contribution in [-0.2, 0) is 28.3 Å². The molecule has 0 saturated carbocycles. The molecule has 2 aliphatic heterocycles. The van der Waals surface area contributed by atoms with Crippen LogP contribution in [0, 0.1) is 0 Å². The highest BCUT2D eigenvalue weighted by Gasteiger charge is 2.48. The highest BCUT2D eigenvalue weighted by Crippen LogP contribution is 2.46. The highest BCUT2D eigenvalue weighted by atomic mass is 16.6. The van der Waals surface area contributed by atoms with Gasteiger partial charge in [0.05, 0.1) is 36.0 Å². The maximum Gasteiger partial charge on any atom is 0.343 e.